The van der Waals surface area contributed by atoms with Gasteiger partial charge in [0.2, 0.25) is 10.0 Å². The number of aromatic carboxylic acids is 1. The Hall–Kier alpha value is -1.47. The monoisotopic (exact) mass is 315 g/mol. The summed E-state index contributed by atoms with van der Waals surface area (Å²) in [4.78, 5) is 10.7. The van der Waals surface area contributed by atoms with Gasteiger partial charge in [-0.15, -0.1) is 0 Å². The lowest BCUT2D eigenvalue weighted by molar-refractivity contribution is 0.0692. The Kier molecular flexibility index (Phi) is 4.63. The molecule has 0 unspecified atom stereocenters. The van der Waals surface area contributed by atoms with Gasteiger partial charge in [0.15, 0.2) is 0 Å². The molecule has 116 valence electrons. The van der Waals surface area contributed by atoms with Gasteiger partial charge in [0, 0.05) is 13.1 Å². The molecule has 0 spiro atoms. The van der Waals surface area contributed by atoms with Gasteiger partial charge in [-0.05, 0) is 31.0 Å². The van der Waals surface area contributed by atoms with Crippen LogP contribution in [0.15, 0.2) is 23.1 Å². The minimum Gasteiger partial charge on any atom is -0.478 e. The van der Waals surface area contributed by atoms with Crippen molar-refractivity contribution in [1.29, 1.82) is 0 Å². The van der Waals surface area contributed by atoms with E-state index in [0.717, 1.165) is 50.3 Å². The van der Waals surface area contributed by atoms with Gasteiger partial charge < -0.3 is 5.11 Å². The van der Waals surface area contributed by atoms with Gasteiger partial charge in [0.05, 0.1) is 10.5 Å². The van der Waals surface area contributed by atoms with Crippen LogP contribution in [0.4, 0.5) is 4.39 Å². The lowest BCUT2D eigenvalue weighted by atomic mass is 9.96. The van der Waals surface area contributed by atoms with Crippen LogP contribution in [0, 0.1) is 5.82 Å². The maximum Gasteiger partial charge on any atom is 0.337 e. The van der Waals surface area contributed by atoms with E-state index in [0.29, 0.717) is 0 Å². The van der Waals surface area contributed by atoms with Crippen molar-refractivity contribution < 1.29 is 22.7 Å². The van der Waals surface area contributed by atoms with Crippen LogP contribution in [0.1, 0.15) is 42.5 Å². The molecule has 0 bridgehead atoms. The molecule has 7 heteroatoms. The average Bonchev–Trinajstić information content (AvgIpc) is 2.47. The summed E-state index contributed by atoms with van der Waals surface area (Å²) in [5, 5.41) is 9.11. The molecule has 1 saturated carbocycles. The molecule has 2 rings (SSSR count). The molecule has 0 atom stereocenters. The Balaban J connectivity index is 2.43. The van der Waals surface area contributed by atoms with Crippen molar-refractivity contribution in [2.45, 2.75) is 43.0 Å². The van der Waals surface area contributed by atoms with Gasteiger partial charge in [-0.1, -0.05) is 19.3 Å². The summed E-state index contributed by atoms with van der Waals surface area (Å²) in [5.41, 5.74) is -0.404. The highest BCUT2D eigenvalue weighted by molar-refractivity contribution is 7.89. The highest BCUT2D eigenvalue weighted by atomic mass is 32.2. The number of hydrogen-bond donors (Lipinski definition) is 1. The summed E-state index contributed by atoms with van der Waals surface area (Å²) < 4.78 is 39.8. The van der Waals surface area contributed by atoms with Crippen molar-refractivity contribution in [3.05, 3.63) is 29.6 Å². The highest BCUT2D eigenvalue weighted by Gasteiger charge is 2.32. The maximum atomic E-state index is 13.4. The Labute approximate surface area is 123 Å². The molecule has 0 amide bonds. The van der Waals surface area contributed by atoms with Crippen molar-refractivity contribution in [2.75, 3.05) is 7.05 Å². The first-order valence-electron chi connectivity index (χ1n) is 6.85. The number of carboxylic acid groups (broad SMARTS) is 1. The molecule has 1 N–H and O–H groups in total. The van der Waals surface area contributed by atoms with E-state index in [1.54, 1.807) is 0 Å². The molecule has 5 nitrogen and oxygen atoms in total. The lowest BCUT2D eigenvalue weighted by Crippen LogP contribution is -2.38. The van der Waals surface area contributed by atoms with Crippen molar-refractivity contribution >= 4 is 16.0 Å². The molecule has 0 saturated heterocycles. The molecule has 1 aliphatic rings. The zero-order chi connectivity index (χ0) is 15.6. The number of benzene rings is 1. The summed E-state index contributed by atoms with van der Waals surface area (Å²) >= 11 is 0. The number of carboxylic acids is 1. The molecule has 21 heavy (non-hydrogen) atoms. The summed E-state index contributed by atoms with van der Waals surface area (Å²) in [6, 6.07) is 2.55. The molecule has 1 fully saturated rings. The average molecular weight is 315 g/mol. The first-order chi connectivity index (χ1) is 9.84. The second kappa shape index (κ2) is 6.11. The SMILES string of the molecule is CN(C1CCCCC1)S(=O)(=O)c1cc(F)ccc1C(=O)O. The minimum atomic E-state index is -4.02. The third-order valence-corrected chi connectivity index (χ3v) is 5.87. The molecular formula is C14H18FNO4S. The van der Waals surface area contributed by atoms with Crippen LogP contribution >= 0.6 is 0 Å². The number of nitrogens with zero attached hydrogens (tertiary/aromatic N) is 1. The van der Waals surface area contributed by atoms with Gasteiger partial charge in [0.25, 0.3) is 0 Å². The standard InChI is InChI=1S/C14H18FNO4S/c1-16(11-5-3-2-4-6-11)21(19,20)13-9-10(15)7-8-12(13)14(17)18/h7-9,11H,2-6H2,1H3,(H,17,18). The number of rotatable bonds is 4. The minimum absolute atomic E-state index is 0.159. The van der Waals surface area contributed by atoms with Crippen LogP contribution in [0.2, 0.25) is 0 Å². The maximum absolute atomic E-state index is 13.4. The fourth-order valence-corrected chi connectivity index (χ4v) is 4.29. The Morgan fingerprint density at radius 3 is 2.48 bits per heavy atom. The fraction of sp³-hybridized carbons (Fsp3) is 0.500. The van der Waals surface area contributed by atoms with Crippen LogP contribution in [0.3, 0.4) is 0 Å². The van der Waals surface area contributed by atoms with E-state index in [1.807, 2.05) is 0 Å². The first-order valence-corrected chi connectivity index (χ1v) is 8.29. The molecule has 1 aromatic rings. The first kappa shape index (κ1) is 15.9. The molecule has 1 aromatic carbocycles. The summed E-state index contributed by atoms with van der Waals surface area (Å²) in [7, 11) is -2.59. The fourth-order valence-electron chi connectivity index (χ4n) is 2.68. The molecular weight excluding hydrogens is 297 g/mol. The second-order valence-electron chi connectivity index (χ2n) is 5.26. The van der Waals surface area contributed by atoms with Gasteiger partial charge >= 0.3 is 5.97 Å². The number of sulfonamides is 1. The smallest absolute Gasteiger partial charge is 0.337 e. The van der Waals surface area contributed by atoms with E-state index >= 15 is 0 Å². The molecule has 0 aromatic heterocycles. The molecule has 1 aliphatic carbocycles. The molecule has 0 aliphatic heterocycles. The third kappa shape index (κ3) is 3.24. The van der Waals surface area contributed by atoms with E-state index in [4.69, 9.17) is 5.11 Å². The van der Waals surface area contributed by atoms with E-state index in [1.165, 1.54) is 11.4 Å². The predicted octanol–water partition coefficient (Wildman–Crippen LogP) is 2.48. The van der Waals surface area contributed by atoms with Crippen LogP contribution in [-0.4, -0.2) is 36.9 Å². The van der Waals surface area contributed by atoms with Crippen LogP contribution in [0.5, 0.6) is 0 Å². The lowest BCUT2D eigenvalue weighted by Gasteiger charge is -2.30. The van der Waals surface area contributed by atoms with Crippen LogP contribution < -0.4 is 0 Å². The van der Waals surface area contributed by atoms with Gasteiger partial charge in [-0.2, -0.15) is 4.31 Å². The van der Waals surface area contributed by atoms with Crippen LogP contribution in [0.25, 0.3) is 0 Å². The summed E-state index contributed by atoms with van der Waals surface area (Å²) in [6.07, 6.45) is 4.45. The van der Waals surface area contributed by atoms with Crippen LogP contribution in [-0.2, 0) is 10.0 Å². The van der Waals surface area contributed by atoms with Gasteiger partial charge in [-0.3, -0.25) is 0 Å². The number of hydrogen-bond acceptors (Lipinski definition) is 3. The van der Waals surface area contributed by atoms with E-state index in [2.05, 4.69) is 0 Å². The Morgan fingerprint density at radius 1 is 1.29 bits per heavy atom. The van der Waals surface area contributed by atoms with Crippen molar-refractivity contribution in [1.82, 2.24) is 4.31 Å². The van der Waals surface area contributed by atoms with Crippen molar-refractivity contribution in [3.63, 3.8) is 0 Å². The van der Waals surface area contributed by atoms with E-state index < -0.39 is 32.3 Å². The van der Waals surface area contributed by atoms with Crippen molar-refractivity contribution in [3.8, 4) is 0 Å². The second-order valence-corrected chi connectivity index (χ2v) is 7.22. The number of carbonyl (C=O) groups is 1. The summed E-state index contributed by atoms with van der Waals surface area (Å²) in [5.74, 6) is -2.15. The Bertz CT molecular complexity index is 638. The third-order valence-electron chi connectivity index (χ3n) is 3.92. The van der Waals surface area contributed by atoms with E-state index in [-0.39, 0.29) is 6.04 Å². The zero-order valence-electron chi connectivity index (χ0n) is 11.8. The van der Waals surface area contributed by atoms with Crippen molar-refractivity contribution in [2.24, 2.45) is 0 Å². The quantitative estimate of drug-likeness (QED) is 0.926. The topological polar surface area (TPSA) is 74.7 Å². The number of halogens is 1. The normalized spacial score (nSPS) is 17.1. The predicted molar refractivity (Wildman–Crippen MR) is 75.2 cm³/mol. The zero-order valence-corrected chi connectivity index (χ0v) is 12.6. The summed E-state index contributed by atoms with van der Waals surface area (Å²) in [6.45, 7) is 0. The highest BCUT2D eigenvalue weighted by Crippen LogP contribution is 2.28. The Morgan fingerprint density at radius 2 is 1.90 bits per heavy atom. The van der Waals surface area contributed by atoms with E-state index in [9.17, 15) is 17.6 Å². The van der Waals surface area contributed by atoms with Gasteiger partial charge in [-0.25, -0.2) is 17.6 Å². The largest absolute Gasteiger partial charge is 0.478 e. The van der Waals surface area contributed by atoms with Gasteiger partial charge in [0.1, 0.15) is 5.82 Å². The molecule has 0 radical (unpaired) electrons. The molecule has 0 heterocycles.